The average molecular weight is 241 g/mol. The first-order chi connectivity index (χ1) is 8.34. The van der Waals surface area contributed by atoms with Crippen LogP contribution in [0.15, 0.2) is 0 Å². The Kier molecular flexibility index (Phi) is 5.75. The lowest BCUT2D eigenvalue weighted by Crippen LogP contribution is -2.37. The van der Waals surface area contributed by atoms with Gasteiger partial charge in [0.1, 0.15) is 0 Å². The summed E-state index contributed by atoms with van der Waals surface area (Å²) in [6.45, 7) is 2.03. The highest BCUT2D eigenvalue weighted by Crippen LogP contribution is 2.28. The van der Waals surface area contributed by atoms with Crippen LogP contribution in [-0.2, 0) is 4.74 Å². The van der Waals surface area contributed by atoms with Crippen molar-refractivity contribution in [1.82, 2.24) is 5.32 Å². The SMILES string of the molecule is OC(CNC1CCCCCC1)COCC1CC1. The van der Waals surface area contributed by atoms with E-state index in [1.54, 1.807) is 0 Å². The molecule has 0 saturated heterocycles. The molecule has 100 valence electrons. The van der Waals surface area contributed by atoms with Crippen LogP contribution in [0.4, 0.5) is 0 Å². The third-order valence-electron chi connectivity index (χ3n) is 3.86. The maximum atomic E-state index is 9.80. The lowest BCUT2D eigenvalue weighted by Gasteiger charge is -2.19. The molecule has 2 N–H and O–H groups in total. The lowest BCUT2D eigenvalue weighted by atomic mass is 10.1. The summed E-state index contributed by atoms with van der Waals surface area (Å²) in [5, 5.41) is 13.3. The van der Waals surface area contributed by atoms with Crippen LogP contribution in [-0.4, -0.2) is 37.0 Å². The number of nitrogens with one attached hydrogen (secondary N) is 1. The van der Waals surface area contributed by atoms with Crippen molar-refractivity contribution in [3.63, 3.8) is 0 Å². The van der Waals surface area contributed by atoms with E-state index in [0.717, 1.165) is 12.5 Å². The van der Waals surface area contributed by atoms with E-state index < -0.39 is 0 Å². The Morgan fingerprint density at radius 2 is 1.76 bits per heavy atom. The molecule has 0 spiro atoms. The van der Waals surface area contributed by atoms with Gasteiger partial charge in [-0.15, -0.1) is 0 Å². The zero-order valence-electron chi connectivity index (χ0n) is 10.9. The van der Waals surface area contributed by atoms with Crippen LogP contribution in [0, 0.1) is 5.92 Å². The molecule has 3 nitrogen and oxygen atoms in total. The van der Waals surface area contributed by atoms with Gasteiger partial charge in [-0.3, -0.25) is 0 Å². The van der Waals surface area contributed by atoms with Gasteiger partial charge in [0.15, 0.2) is 0 Å². The second-order valence-electron chi connectivity index (χ2n) is 5.73. The summed E-state index contributed by atoms with van der Waals surface area (Å²) in [4.78, 5) is 0. The Balaban J connectivity index is 1.49. The van der Waals surface area contributed by atoms with E-state index in [4.69, 9.17) is 4.74 Å². The molecule has 0 aromatic carbocycles. The van der Waals surface area contributed by atoms with Gasteiger partial charge < -0.3 is 15.2 Å². The standard InChI is InChI=1S/C14H27NO2/c16-14(11-17-10-12-7-8-12)9-15-13-5-3-1-2-4-6-13/h12-16H,1-11H2. The molecule has 2 aliphatic rings. The molecule has 2 rings (SSSR count). The van der Waals surface area contributed by atoms with E-state index in [0.29, 0.717) is 19.2 Å². The normalized spacial score (nSPS) is 24.5. The molecule has 2 aliphatic carbocycles. The van der Waals surface area contributed by atoms with Crippen molar-refractivity contribution >= 4 is 0 Å². The van der Waals surface area contributed by atoms with Crippen LogP contribution in [0.2, 0.25) is 0 Å². The Morgan fingerprint density at radius 3 is 2.41 bits per heavy atom. The molecule has 2 fully saturated rings. The summed E-state index contributed by atoms with van der Waals surface area (Å²) in [6, 6.07) is 0.621. The highest BCUT2D eigenvalue weighted by molar-refractivity contribution is 4.74. The van der Waals surface area contributed by atoms with Gasteiger partial charge in [0.05, 0.1) is 12.7 Å². The van der Waals surface area contributed by atoms with Crippen LogP contribution >= 0.6 is 0 Å². The first-order valence-electron chi connectivity index (χ1n) is 7.34. The van der Waals surface area contributed by atoms with Crippen molar-refractivity contribution in [1.29, 1.82) is 0 Å². The number of ether oxygens (including phenoxy) is 1. The Morgan fingerprint density at radius 1 is 1.06 bits per heavy atom. The van der Waals surface area contributed by atoms with Gasteiger partial charge in [-0.1, -0.05) is 25.7 Å². The van der Waals surface area contributed by atoms with Crippen molar-refractivity contribution in [2.24, 2.45) is 5.92 Å². The molecule has 0 radical (unpaired) electrons. The molecule has 0 heterocycles. The molecular weight excluding hydrogens is 214 g/mol. The van der Waals surface area contributed by atoms with Crippen molar-refractivity contribution in [2.75, 3.05) is 19.8 Å². The quantitative estimate of drug-likeness (QED) is 0.671. The van der Waals surface area contributed by atoms with Crippen LogP contribution < -0.4 is 5.32 Å². The molecular formula is C14H27NO2. The van der Waals surface area contributed by atoms with Gasteiger partial charge in [0, 0.05) is 19.2 Å². The second kappa shape index (κ2) is 7.34. The summed E-state index contributed by atoms with van der Waals surface area (Å²) >= 11 is 0. The van der Waals surface area contributed by atoms with Crippen LogP contribution in [0.25, 0.3) is 0 Å². The molecule has 0 aromatic heterocycles. The van der Waals surface area contributed by atoms with Gasteiger partial charge in [0.2, 0.25) is 0 Å². The van der Waals surface area contributed by atoms with Crippen molar-refractivity contribution < 1.29 is 9.84 Å². The summed E-state index contributed by atoms with van der Waals surface area (Å²) in [7, 11) is 0. The molecule has 0 aliphatic heterocycles. The fourth-order valence-electron chi connectivity index (χ4n) is 2.50. The zero-order valence-corrected chi connectivity index (χ0v) is 10.9. The first-order valence-corrected chi connectivity index (χ1v) is 7.34. The predicted octanol–water partition coefficient (Wildman–Crippen LogP) is 2.09. The first kappa shape index (κ1) is 13.3. The fraction of sp³-hybridized carbons (Fsp3) is 1.00. The third kappa shape index (κ3) is 5.84. The summed E-state index contributed by atoms with van der Waals surface area (Å²) in [6.07, 6.45) is 10.3. The van der Waals surface area contributed by atoms with E-state index in [-0.39, 0.29) is 6.10 Å². The lowest BCUT2D eigenvalue weighted by molar-refractivity contribution is 0.0310. The van der Waals surface area contributed by atoms with Crippen molar-refractivity contribution in [3.05, 3.63) is 0 Å². The minimum absolute atomic E-state index is 0.336. The molecule has 0 bridgehead atoms. The van der Waals surface area contributed by atoms with Gasteiger partial charge in [0.25, 0.3) is 0 Å². The predicted molar refractivity (Wildman–Crippen MR) is 69.0 cm³/mol. The van der Waals surface area contributed by atoms with Gasteiger partial charge >= 0.3 is 0 Å². The second-order valence-corrected chi connectivity index (χ2v) is 5.73. The third-order valence-corrected chi connectivity index (χ3v) is 3.86. The molecule has 0 amide bonds. The zero-order chi connectivity index (χ0) is 11.9. The number of hydrogen-bond acceptors (Lipinski definition) is 3. The fourth-order valence-corrected chi connectivity index (χ4v) is 2.50. The Labute approximate surface area is 105 Å². The molecule has 1 atom stereocenters. The topological polar surface area (TPSA) is 41.5 Å². The maximum Gasteiger partial charge on any atom is 0.0897 e. The van der Waals surface area contributed by atoms with E-state index in [1.807, 2.05) is 0 Å². The number of aliphatic hydroxyl groups is 1. The van der Waals surface area contributed by atoms with E-state index in [9.17, 15) is 5.11 Å². The summed E-state index contributed by atoms with van der Waals surface area (Å²) in [5.41, 5.74) is 0. The van der Waals surface area contributed by atoms with Crippen LogP contribution in [0.5, 0.6) is 0 Å². The Bertz CT molecular complexity index is 198. The van der Waals surface area contributed by atoms with Gasteiger partial charge in [-0.2, -0.15) is 0 Å². The number of rotatable bonds is 7. The van der Waals surface area contributed by atoms with Gasteiger partial charge in [-0.05, 0) is 31.6 Å². The van der Waals surface area contributed by atoms with Crippen molar-refractivity contribution in [3.8, 4) is 0 Å². The van der Waals surface area contributed by atoms with E-state index in [1.165, 1.54) is 51.4 Å². The van der Waals surface area contributed by atoms with Crippen LogP contribution in [0.3, 0.4) is 0 Å². The number of hydrogen-bond donors (Lipinski definition) is 2. The summed E-state index contributed by atoms with van der Waals surface area (Å²) < 4.78 is 5.49. The van der Waals surface area contributed by atoms with Crippen molar-refractivity contribution in [2.45, 2.75) is 63.5 Å². The minimum atomic E-state index is -0.336. The van der Waals surface area contributed by atoms with Gasteiger partial charge in [-0.25, -0.2) is 0 Å². The minimum Gasteiger partial charge on any atom is -0.389 e. The number of aliphatic hydroxyl groups excluding tert-OH is 1. The Hall–Kier alpha value is -0.120. The van der Waals surface area contributed by atoms with E-state index in [2.05, 4.69) is 5.32 Å². The highest BCUT2D eigenvalue weighted by atomic mass is 16.5. The smallest absolute Gasteiger partial charge is 0.0897 e. The summed E-state index contributed by atoms with van der Waals surface area (Å²) in [5.74, 6) is 0.789. The molecule has 3 heteroatoms. The monoisotopic (exact) mass is 241 g/mol. The van der Waals surface area contributed by atoms with E-state index >= 15 is 0 Å². The largest absolute Gasteiger partial charge is 0.389 e. The average Bonchev–Trinajstić information content (AvgIpc) is 3.13. The molecule has 2 saturated carbocycles. The molecule has 1 unspecified atom stereocenters. The van der Waals surface area contributed by atoms with Crippen LogP contribution in [0.1, 0.15) is 51.4 Å². The molecule has 17 heavy (non-hydrogen) atoms. The maximum absolute atomic E-state index is 9.80. The molecule has 0 aromatic rings. The highest BCUT2D eigenvalue weighted by Gasteiger charge is 2.21.